The van der Waals surface area contributed by atoms with Crippen molar-refractivity contribution in [3.63, 3.8) is 0 Å². The molecule has 5 nitrogen and oxygen atoms in total. The van der Waals surface area contributed by atoms with E-state index < -0.39 is 5.56 Å². The Labute approximate surface area is 79.6 Å². The van der Waals surface area contributed by atoms with Crippen LogP contribution in [0.25, 0.3) is 11.3 Å². The van der Waals surface area contributed by atoms with Gasteiger partial charge in [-0.1, -0.05) is 0 Å². The minimum atomic E-state index is -0.406. The van der Waals surface area contributed by atoms with Crippen molar-refractivity contribution in [2.75, 3.05) is 5.73 Å². The zero-order chi connectivity index (χ0) is 10.1. The van der Waals surface area contributed by atoms with Crippen LogP contribution in [0.1, 0.15) is 5.76 Å². The van der Waals surface area contributed by atoms with E-state index in [1.807, 2.05) is 6.92 Å². The second-order valence-corrected chi connectivity index (χ2v) is 2.94. The number of hydrogen-bond donors (Lipinski definition) is 2. The monoisotopic (exact) mass is 191 g/mol. The number of nitrogen functional groups attached to an aromatic ring is 1. The van der Waals surface area contributed by atoms with E-state index in [0.717, 1.165) is 5.76 Å². The summed E-state index contributed by atoms with van der Waals surface area (Å²) >= 11 is 0. The van der Waals surface area contributed by atoms with Gasteiger partial charge in [0.05, 0.1) is 11.8 Å². The molecule has 0 aliphatic heterocycles. The summed E-state index contributed by atoms with van der Waals surface area (Å²) in [6.45, 7) is 1.82. The average molecular weight is 191 g/mol. The summed E-state index contributed by atoms with van der Waals surface area (Å²) < 4.78 is 5.33. The minimum Gasteiger partial charge on any atom is -0.461 e. The van der Waals surface area contributed by atoms with Crippen LogP contribution in [0.15, 0.2) is 27.5 Å². The molecule has 0 unspecified atom stereocenters. The second kappa shape index (κ2) is 3.02. The molecule has 0 aliphatic rings. The van der Waals surface area contributed by atoms with Crippen LogP contribution >= 0.6 is 0 Å². The Kier molecular flexibility index (Phi) is 1.85. The molecule has 0 radical (unpaired) electrons. The number of hydrogen-bond acceptors (Lipinski definition) is 4. The standard InChI is InChI=1S/C9H9N3O2/c1-5-2-3-7(14-5)6-4-11-12-9(13)8(6)10/h2-4H,1H3,(H2,10,11)(H,12,13). The van der Waals surface area contributed by atoms with Crippen molar-refractivity contribution in [1.82, 2.24) is 10.2 Å². The molecular weight excluding hydrogens is 182 g/mol. The van der Waals surface area contributed by atoms with E-state index in [4.69, 9.17) is 10.2 Å². The molecule has 0 aromatic carbocycles. The zero-order valence-electron chi connectivity index (χ0n) is 7.57. The first-order chi connectivity index (χ1) is 6.68. The van der Waals surface area contributed by atoms with Crippen LogP contribution in [0.3, 0.4) is 0 Å². The predicted molar refractivity (Wildman–Crippen MR) is 51.7 cm³/mol. The number of aryl methyl sites for hydroxylation is 1. The largest absolute Gasteiger partial charge is 0.461 e. The van der Waals surface area contributed by atoms with Gasteiger partial charge in [0.2, 0.25) is 0 Å². The molecule has 2 aromatic heterocycles. The first kappa shape index (κ1) is 8.55. The van der Waals surface area contributed by atoms with Crippen LogP contribution in [0.5, 0.6) is 0 Å². The Morgan fingerprint density at radius 1 is 1.50 bits per heavy atom. The SMILES string of the molecule is Cc1ccc(-c2cn[nH]c(=O)c2N)o1. The van der Waals surface area contributed by atoms with Crippen LogP contribution in [-0.2, 0) is 0 Å². The highest BCUT2D eigenvalue weighted by molar-refractivity contribution is 5.70. The lowest BCUT2D eigenvalue weighted by Gasteiger charge is -1.98. The molecule has 14 heavy (non-hydrogen) atoms. The molecule has 0 fully saturated rings. The number of H-pyrrole nitrogens is 1. The Balaban J connectivity index is 2.63. The number of anilines is 1. The molecule has 3 N–H and O–H groups in total. The Morgan fingerprint density at radius 3 is 2.93 bits per heavy atom. The first-order valence-corrected chi connectivity index (χ1v) is 4.08. The number of aromatic amines is 1. The average Bonchev–Trinajstić information content (AvgIpc) is 2.57. The third-order valence-electron chi connectivity index (χ3n) is 1.90. The van der Waals surface area contributed by atoms with Crippen LogP contribution in [0, 0.1) is 6.92 Å². The summed E-state index contributed by atoms with van der Waals surface area (Å²) in [5.41, 5.74) is 5.81. The lowest BCUT2D eigenvalue weighted by atomic mass is 10.2. The zero-order valence-corrected chi connectivity index (χ0v) is 7.57. The van der Waals surface area contributed by atoms with Gasteiger partial charge in [0.1, 0.15) is 17.2 Å². The summed E-state index contributed by atoms with van der Waals surface area (Å²) in [6.07, 6.45) is 1.47. The Bertz CT molecular complexity index is 513. The highest BCUT2D eigenvalue weighted by Crippen LogP contribution is 2.23. The topological polar surface area (TPSA) is 84.9 Å². The Morgan fingerprint density at radius 2 is 2.29 bits per heavy atom. The molecule has 5 heteroatoms. The maximum absolute atomic E-state index is 11.1. The van der Waals surface area contributed by atoms with Gasteiger partial charge in [0.25, 0.3) is 5.56 Å². The molecular formula is C9H9N3O2. The van der Waals surface area contributed by atoms with Gasteiger partial charge in [-0.15, -0.1) is 0 Å². The maximum atomic E-state index is 11.1. The van der Waals surface area contributed by atoms with E-state index in [1.165, 1.54) is 6.20 Å². The van der Waals surface area contributed by atoms with E-state index in [0.29, 0.717) is 11.3 Å². The molecule has 0 bridgehead atoms. The Hall–Kier alpha value is -2.04. The van der Waals surface area contributed by atoms with Crippen LogP contribution in [0.2, 0.25) is 0 Å². The quantitative estimate of drug-likeness (QED) is 0.701. The second-order valence-electron chi connectivity index (χ2n) is 2.94. The van der Waals surface area contributed by atoms with Crippen LogP contribution < -0.4 is 11.3 Å². The van der Waals surface area contributed by atoms with E-state index in [2.05, 4.69) is 10.2 Å². The van der Waals surface area contributed by atoms with Crippen molar-refractivity contribution >= 4 is 5.69 Å². The molecule has 0 saturated heterocycles. The van der Waals surface area contributed by atoms with Crippen molar-refractivity contribution in [3.05, 3.63) is 34.4 Å². The lowest BCUT2D eigenvalue weighted by molar-refractivity contribution is 0.548. The maximum Gasteiger partial charge on any atom is 0.288 e. The van der Waals surface area contributed by atoms with Crippen LogP contribution in [0.4, 0.5) is 5.69 Å². The highest BCUT2D eigenvalue weighted by Gasteiger charge is 2.09. The van der Waals surface area contributed by atoms with Gasteiger partial charge in [-0.2, -0.15) is 5.10 Å². The predicted octanol–water partition coefficient (Wildman–Crippen LogP) is 0.921. The van der Waals surface area contributed by atoms with Gasteiger partial charge in [0.15, 0.2) is 0 Å². The van der Waals surface area contributed by atoms with Crippen molar-refractivity contribution in [2.45, 2.75) is 6.92 Å². The fourth-order valence-corrected chi connectivity index (χ4v) is 1.18. The minimum absolute atomic E-state index is 0.120. The van der Waals surface area contributed by atoms with Gasteiger partial charge in [-0.25, -0.2) is 5.10 Å². The van der Waals surface area contributed by atoms with Gasteiger partial charge in [-0.05, 0) is 19.1 Å². The van der Waals surface area contributed by atoms with E-state index >= 15 is 0 Å². The van der Waals surface area contributed by atoms with Gasteiger partial charge in [-0.3, -0.25) is 4.79 Å². The summed E-state index contributed by atoms with van der Waals surface area (Å²) in [7, 11) is 0. The van der Waals surface area contributed by atoms with Gasteiger partial charge < -0.3 is 10.2 Å². The fourth-order valence-electron chi connectivity index (χ4n) is 1.18. The van der Waals surface area contributed by atoms with Crippen molar-refractivity contribution < 1.29 is 4.42 Å². The number of nitrogens with zero attached hydrogens (tertiary/aromatic N) is 1. The molecule has 2 aromatic rings. The molecule has 2 heterocycles. The van der Waals surface area contributed by atoms with Crippen molar-refractivity contribution in [1.29, 1.82) is 0 Å². The fraction of sp³-hybridized carbons (Fsp3) is 0.111. The van der Waals surface area contributed by atoms with Crippen LogP contribution in [-0.4, -0.2) is 10.2 Å². The number of nitrogens with two attached hydrogens (primary N) is 1. The summed E-state index contributed by atoms with van der Waals surface area (Å²) in [5, 5.41) is 5.90. The van der Waals surface area contributed by atoms with E-state index in [-0.39, 0.29) is 5.69 Å². The molecule has 0 spiro atoms. The number of furan rings is 1. The summed E-state index contributed by atoms with van der Waals surface area (Å²) in [4.78, 5) is 11.1. The van der Waals surface area contributed by atoms with Gasteiger partial charge >= 0.3 is 0 Å². The lowest BCUT2D eigenvalue weighted by Crippen LogP contribution is -2.13. The summed E-state index contributed by atoms with van der Waals surface area (Å²) in [5.74, 6) is 1.32. The molecule has 0 atom stereocenters. The first-order valence-electron chi connectivity index (χ1n) is 4.08. The number of rotatable bonds is 1. The smallest absolute Gasteiger partial charge is 0.288 e. The highest BCUT2D eigenvalue weighted by atomic mass is 16.3. The normalized spacial score (nSPS) is 10.4. The van der Waals surface area contributed by atoms with Gasteiger partial charge in [0, 0.05) is 0 Å². The molecule has 0 saturated carbocycles. The van der Waals surface area contributed by atoms with E-state index in [1.54, 1.807) is 12.1 Å². The van der Waals surface area contributed by atoms with Crippen molar-refractivity contribution in [2.24, 2.45) is 0 Å². The number of nitrogens with one attached hydrogen (secondary N) is 1. The third kappa shape index (κ3) is 1.28. The summed E-state index contributed by atoms with van der Waals surface area (Å²) in [6, 6.07) is 3.55. The molecule has 72 valence electrons. The van der Waals surface area contributed by atoms with Crippen molar-refractivity contribution in [3.8, 4) is 11.3 Å². The third-order valence-corrected chi connectivity index (χ3v) is 1.90. The molecule has 2 rings (SSSR count). The molecule has 0 amide bonds. The molecule has 0 aliphatic carbocycles. The van der Waals surface area contributed by atoms with E-state index in [9.17, 15) is 4.79 Å². The number of aromatic nitrogens is 2.